The Bertz CT molecular complexity index is 777. The van der Waals surface area contributed by atoms with E-state index in [9.17, 15) is 4.79 Å². The molecule has 2 aromatic carbocycles. The Hall–Kier alpha value is -2.61. The molecule has 1 amide bonds. The normalized spacial score (nSPS) is 12.2. The predicted octanol–water partition coefficient (Wildman–Crippen LogP) is 6.06. The zero-order chi connectivity index (χ0) is 19.1. The topological polar surface area (TPSA) is 20.3 Å². The number of hydrogen-bond acceptors (Lipinski definition) is 1. The van der Waals surface area contributed by atoms with Crippen molar-refractivity contribution in [2.45, 2.75) is 46.7 Å². The molecule has 2 aromatic rings. The molecule has 0 saturated carbocycles. The minimum absolute atomic E-state index is 0.0849. The molecule has 0 aliphatic rings. The Morgan fingerprint density at radius 3 is 2.08 bits per heavy atom. The Morgan fingerprint density at radius 2 is 1.46 bits per heavy atom. The van der Waals surface area contributed by atoms with Crippen LogP contribution < -0.4 is 0 Å². The Morgan fingerprint density at radius 1 is 0.885 bits per heavy atom. The summed E-state index contributed by atoms with van der Waals surface area (Å²) in [5, 5.41) is 0. The summed E-state index contributed by atoms with van der Waals surface area (Å²) in [6, 6.07) is 18.4. The molecule has 0 aromatic heterocycles. The largest absolute Gasteiger partial charge is 0.334 e. The lowest BCUT2D eigenvalue weighted by Crippen LogP contribution is -2.42. The van der Waals surface area contributed by atoms with E-state index in [0.29, 0.717) is 0 Å². The fourth-order valence-electron chi connectivity index (χ4n) is 3.11. The minimum Gasteiger partial charge on any atom is -0.334 e. The van der Waals surface area contributed by atoms with E-state index < -0.39 is 0 Å². The second-order valence-electron chi connectivity index (χ2n) is 7.12. The maximum Gasteiger partial charge on any atom is 0.254 e. The van der Waals surface area contributed by atoms with Crippen LogP contribution in [0.4, 0.5) is 0 Å². The van der Waals surface area contributed by atoms with Crippen LogP contribution in [0.3, 0.4) is 0 Å². The van der Waals surface area contributed by atoms with Gasteiger partial charge in [-0.2, -0.15) is 0 Å². The summed E-state index contributed by atoms with van der Waals surface area (Å²) in [5.74, 6) is 0.0849. The number of allylic oxidation sites excluding steroid dienone is 2. The molecule has 0 fully saturated rings. The van der Waals surface area contributed by atoms with Crippen LogP contribution >= 0.6 is 0 Å². The third-order valence-corrected chi connectivity index (χ3v) is 4.26. The first-order chi connectivity index (χ1) is 12.4. The highest BCUT2D eigenvalue weighted by Crippen LogP contribution is 2.19. The number of hydrogen-bond donors (Lipinski definition) is 0. The van der Waals surface area contributed by atoms with Crippen LogP contribution in [-0.4, -0.2) is 22.9 Å². The van der Waals surface area contributed by atoms with Crippen LogP contribution in [-0.2, 0) is 0 Å². The average molecular weight is 348 g/mol. The first kappa shape index (κ1) is 19.7. The third-order valence-electron chi connectivity index (χ3n) is 4.26. The molecule has 26 heavy (non-hydrogen) atoms. The standard InChI is InChI=1S/C24H29NO/c1-18(2)25(19(3)4)24(26)23-14-10-9-13-22(23)17-20(5)15-16-21-11-7-6-8-12-21/h6-19H,1-5H3/b16-15+,20-17+. The summed E-state index contributed by atoms with van der Waals surface area (Å²) in [4.78, 5) is 15.0. The molecule has 0 saturated heterocycles. The maximum absolute atomic E-state index is 13.1. The molecule has 0 aliphatic carbocycles. The van der Waals surface area contributed by atoms with Gasteiger partial charge in [0.15, 0.2) is 0 Å². The van der Waals surface area contributed by atoms with Crippen molar-refractivity contribution in [2.75, 3.05) is 0 Å². The number of carbonyl (C=O) groups excluding carboxylic acids is 1. The summed E-state index contributed by atoms with van der Waals surface area (Å²) < 4.78 is 0. The van der Waals surface area contributed by atoms with Gasteiger partial charge in [0.25, 0.3) is 5.91 Å². The summed E-state index contributed by atoms with van der Waals surface area (Å²) >= 11 is 0. The van der Waals surface area contributed by atoms with Crippen LogP contribution in [0.15, 0.2) is 66.2 Å². The number of amides is 1. The summed E-state index contributed by atoms with van der Waals surface area (Å²) in [7, 11) is 0. The first-order valence-corrected chi connectivity index (χ1v) is 9.23. The van der Waals surface area contributed by atoms with E-state index in [2.05, 4.69) is 65.0 Å². The van der Waals surface area contributed by atoms with Gasteiger partial charge in [-0.15, -0.1) is 0 Å². The molecule has 2 heteroatoms. The lowest BCUT2D eigenvalue weighted by Gasteiger charge is -2.31. The summed E-state index contributed by atoms with van der Waals surface area (Å²) in [6.45, 7) is 10.3. The molecular formula is C24H29NO. The molecule has 0 spiro atoms. The smallest absolute Gasteiger partial charge is 0.254 e. The van der Waals surface area contributed by atoms with Crippen molar-refractivity contribution in [2.24, 2.45) is 0 Å². The summed E-state index contributed by atoms with van der Waals surface area (Å²) in [6.07, 6.45) is 6.25. The van der Waals surface area contributed by atoms with Crippen LogP contribution in [0, 0.1) is 0 Å². The van der Waals surface area contributed by atoms with Gasteiger partial charge < -0.3 is 4.90 Å². The zero-order valence-electron chi connectivity index (χ0n) is 16.4. The number of nitrogens with zero attached hydrogens (tertiary/aromatic N) is 1. The van der Waals surface area contributed by atoms with E-state index >= 15 is 0 Å². The van der Waals surface area contributed by atoms with E-state index in [0.717, 1.165) is 22.3 Å². The molecule has 0 radical (unpaired) electrons. The monoisotopic (exact) mass is 347 g/mol. The second-order valence-corrected chi connectivity index (χ2v) is 7.12. The molecule has 0 heterocycles. The van der Waals surface area contributed by atoms with Gasteiger partial charge in [0.05, 0.1) is 0 Å². The average Bonchev–Trinajstić information content (AvgIpc) is 2.60. The highest BCUT2D eigenvalue weighted by Gasteiger charge is 2.22. The molecule has 136 valence electrons. The lowest BCUT2D eigenvalue weighted by atomic mass is 10.0. The van der Waals surface area contributed by atoms with Crippen LogP contribution in [0.2, 0.25) is 0 Å². The van der Waals surface area contributed by atoms with Gasteiger partial charge in [-0.05, 0) is 51.8 Å². The Kier molecular flexibility index (Phi) is 6.97. The SMILES string of the molecule is CC(/C=C/c1ccccc1)=C\c1ccccc1C(=O)N(C(C)C)C(C)C. The first-order valence-electron chi connectivity index (χ1n) is 9.23. The third kappa shape index (κ3) is 5.19. The second kappa shape index (κ2) is 9.19. The lowest BCUT2D eigenvalue weighted by molar-refractivity contribution is 0.0643. The fraction of sp³-hybridized carbons (Fsp3) is 0.292. The fourth-order valence-corrected chi connectivity index (χ4v) is 3.11. The summed E-state index contributed by atoms with van der Waals surface area (Å²) in [5.41, 5.74) is 3.98. The maximum atomic E-state index is 13.1. The van der Waals surface area contributed by atoms with Gasteiger partial charge in [0.1, 0.15) is 0 Å². The number of rotatable bonds is 6. The Balaban J connectivity index is 2.31. The molecule has 0 atom stereocenters. The predicted molar refractivity (Wildman–Crippen MR) is 112 cm³/mol. The van der Waals surface area contributed by atoms with Gasteiger partial charge in [0.2, 0.25) is 0 Å². The number of carbonyl (C=O) groups is 1. The van der Waals surface area contributed by atoms with Gasteiger partial charge in [0, 0.05) is 17.6 Å². The van der Waals surface area contributed by atoms with E-state index in [1.807, 2.05) is 47.4 Å². The van der Waals surface area contributed by atoms with Crippen molar-refractivity contribution >= 4 is 18.1 Å². The van der Waals surface area contributed by atoms with E-state index in [1.165, 1.54) is 0 Å². The van der Waals surface area contributed by atoms with Crippen LogP contribution in [0.5, 0.6) is 0 Å². The molecule has 0 bridgehead atoms. The van der Waals surface area contributed by atoms with Crippen LogP contribution in [0.1, 0.15) is 56.1 Å². The molecule has 2 nitrogen and oxygen atoms in total. The molecular weight excluding hydrogens is 318 g/mol. The van der Waals surface area contributed by atoms with E-state index in [4.69, 9.17) is 0 Å². The highest BCUT2D eigenvalue weighted by atomic mass is 16.2. The molecule has 0 N–H and O–H groups in total. The Labute approximate surface area is 157 Å². The van der Waals surface area contributed by atoms with Crippen molar-refractivity contribution in [1.29, 1.82) is 0 Å². The highest BCUT2D eigenvalue weighted by molar-refractivity contribution is 5.98. The molecule has 0 unspecified atom stereocenters. The molecule has 2 rings (SSSR count). The van der Waals surface area contributed by atoms with Gasteiger partial charge in [-0.3, -0.25) is 4.79 Å². The molecule has 0 aliphatic heterocycles. The minimum atomic E-state index is 0.0849. The number of benzene rings is 2. The van der Waals surface area contributed by atoms with Crippen molar-refractivity contribution in [3.63, 3.8) is 0 Å². The van der Waals surface area contributed by atoms with E-state index in [-0.39, 0.29) is 18.0 Å². The van der Waals surface area contributed by atoms with Gasteiger partial charge >= 0.3 is 0 Å². The van der Waals surface area contributed by atoms with Gasteiger partial charge in [-0.25, -0.2) is 0 Å². The van der Waals surface area contributed by atoms with Crippen molar-refractivity contribution in [3.05, 3.63) is 82.9 Å². The zero-order valence-corrected chi connectivity index (χ0v) is 16.4. The quantitative estimate of drug-likeness (QED) is 0.581. The van der Waals surface area contributed by atoms with Crippen molar-refractivity contribution in [3.8, 4) is 0 Å². The van der Waals surface area contributed by atoms with Crippen LogP contribution in [0.25, 0.3) is 12.2 Å². The van der Waals surface area contributed by atoms with Gasteiger partial charge in [-0.1, -0.05) is 72.3 Å². The van der Waals surface area contributed by atoms with E-state index in [1.54, 1.807) is 0 Å². The van der Waals surface area contributed by atoms with Crippen molar-refractivity contribution in [1.82, 2.24) is 4.90 Å². The van der Waals surface area contributed by atoms with Crippen molar-refractivity contribution < 1.29 is 4.79 Å².